The van der Waals surface area contributed by atoms with Crippen molar-refractivity contribution >= 4 is 56.3 Å². The van der Waals surface area contributed by atoms with Crippen LogP contribution < -0.4 is 5.32 Å². The van der Waals surface area contributed by atoms with E-state index < -0.39 is 0 Å². The number of nitrogens with one attached hydrogen (secondary N) is 1. The third-order valence-corrected chi connectivity index (χ3v) is 6.24. The lowest BCUT2D eigenvalue weighted by Gasteiger charge is -2.35. The fraction of sp³-hybridized carbons (Fsp3) is 0.500. The van der Waals surface area contributed by atoms with Crippen molar-refractivity contribution in [1.29, 1.82) is 0 Å². The molecule has 0 saturated carbocycles. The molecule has 0 aromatic carbocycles. The van der Waals surface area contributed by atoms with Crippen molar-refractivity contribution in [2.24, 2.45) is 5.92 Å². The Bertz CT molecular complexity index is 679. The van der Waals surface area contributed by atoms with Gasteiger partial charge in [0.25, 0.3) is 5.91 Å². The molecule has 2 aromatic rings. The van der Waals surface area contributed by atoms with Gasteiger partial charge in [0, 0.05) is 48.0 Å². The Labute approximate surface area is 156 Å². The van der Waals surface area contributed by atoms with Gasteiger partial charge < -0.3 is 15.1 Å². The van der Waals surface area contributed by atoms with Gasteiger partial charge in [-0.2, -0.15) is 0 Å². The lowest BCUT2D eigenvalue weighted by Crippen LogP contribution is -2.52. The van der Waals surface area contributed by atoms with Crippen LogP contribution in [0.4, 0.5) is 0 Å². The molecular formula is C16H22ClN3O2S2. The van der Waals surface area contributed by atoms with Crippen LogP contribution in [-0.4, -0.2) is 61.4 Å². The molecule has 5 nitrogen and oxygen atoms in total. The van der Waals surface area contributed by atoms with Crippen LogP contribution in [-0.2, 0) is 4.79 Å². The third kappa shape index (κ3) is 3.91. The highest BCUT2D eigenvalue weighted by Gasteiger charge is 2.27. The number of rotatable bonds is 4. The topological polar surface area (TPSA) is 52.7 Å². The molecule has 3 rings (SSSR count). The first-order valence-corrected chi connectivity index (χ1v) is 9.49. The Morgan fingerprint density at radius 1 is 1.21 bits per heavy atom. The minimum absolute atomic E-state index is 0. The number of carbonyl (C=O) groups is 2. The van der Waals surface area contributed by atoms with E-state index in [9.17, 15) is 9.59 Å². The molecule has 0 bridgehead atoms. The molecule has 1 aliphatic heterocycles. The predicted octanol–water partition coefficient (Wildman–Crippen LogP) is 2.52. The second kappa shape index (κ2) is 8.29. The first-order chi connectivity index (χ1) is 11.1. The van der Waals surface area contributed by atoms with Gasteiger partial charge in [0.2, 0.25) is 5.91 Å². The van der Waals surface area contributed by atoms with Crippen molar-refractivity contribution < 1.29 is 9.59 Å². The van der Waals surface area contributed by atoms with Crippen LogP contribution in [0, 0.1) is 5.92 Å². The molecule has 1 unspecified atom stereocenters. The number of nitrogens with zero attached hydrogens (tertiary/aromatic N) is 2. The number of amides is 2. The molecule has 1 fully saturated rings. The summed E-state index contributed by atoms with van der Waals surface area (Å²) < 4.78 is 2.35. The maximum Gasteiger partial charge on any atom is 0.264 e. The summed E-state index contributed by atoms with van der Waals surface area (Å²) in [6, 6.07) is 4.04. The van der Waals surface area contributed by atoms with E-state index in [4.69, 9.17) is 0 Å². The van der Waals surface area contributed by atoms with E-state index in [1.54, 1.807) is 22.7 Å². The maximum atomic E-state index is 12.6. The number of carbonyl (C=O) groups excluding carboxylic acids is 2. The third-order valence-electron chi connectivity index (χ3n) is 4.16. The van der Waals surface area contributed by atoms with Gasteiger partial charge in [-0.1, -0.05) is 6.92 Å². The summed E-state index contributed by atoms with van der Waals surface area (Å²) in [5, 5.41) is 5.08. The molecular weight excluding hydrogens is 366 g/mol. The number of piperazine rings is 1. The Morgan fingerprint density at radius 2 is 1.88 bits per heavy atom. The second-order valence-electron chi connectivity index (χ2n) is 5.84. The molecule has 2 aromatic heterocycles. The zero-order valence-electron chi connectivity index (χ0n) is 13.8. The summed E-state index contributed by atoms with van der Waals surface area (Å²) in [5.74, 6) is 0.239. The van der Waals surface area contributed by atoms with E-state index in [1.807, 2.05) is 35.2 Å². The standard InChI is InChI=1S/C16H21N3O2S2.ClH/c1-11(10-17-2)15(20)18-4-6-19(7-5-18)16(21)14-9-13-12(23-14)3-8-22-13;/h3,8-9,11,17H,4-7,10H2,1-2H3;1H. The van der Waals surface area contributed by atoms with Crippen molar-refractivity contribution in [1.82, 2.24) is 15.1 Å². The van der Waals surface area contributed by atoms with Gasteiger partial charge in [-0.05, 0) is 24.6 Å². The smallest absolute Gasteiger partial charge is 0.264 e. The molecule has 1 atom stereocenters. The molecule has 0 radical (unpaired) electrons. The van der Waals surface area contributed by atoms with Crippen LogP contribution in [0.15, 0.2) is 17.5 Å². The van der Waals surface area contributed by atoms with E-state index in [-0.39, 0.29) is 30.1 Å². The SMILES string of the molecule is CNCC(C)C(=O)N1CCN(C(=O)c2cc3sccc3s2)CC1.Cl. The number of hydrogen-bond donors (Lipinski definition) is 1. The van der Waals surface area contributed by atoms with Gasteiger partial charge in [0.15, 0.2) is 0 Å². The van der Waals surface area contributed by atoms with Gasteiger partial charge in [-0.25, -0.2) is 0 Å². The van der Waals surface area contributed by atoms with E-state index in [0.29, 0.717) is 32.7 Å². The van der Waals surface area contributed by atoms with E-state index in [1.165, 1.54) is 9.40 Å². The molecule has 0 aliphatic carbocycles. The van der Waals surface area contributed by atoms with Crippen LogP contribution in [0.2, 0.25) is 0 Å². The quantitative estimate of drug-likeness (QED) is 0.877. The lowest BCUT2D eigenvalue weighted by molar-refractivity contribution is -0.136. The highest BCUT2D eigenvalue weighted by atomic mass is 35.5. The molecule has 1 aliphatic rings. The van der Waals surface area contributed by atoms with Crippen molar-refractivity contribution in [3.63, 3.8) is 0 Å². The largest absolute Gasteiger partial charge is 0.339 e. The minimum atomic E-state index is -0.0219. The average Bonchev–Trinajstić information content (AvgIpc) is 3.15. The highest BCUT2D eigenvalue weighted by molar-refractivity contribution is 7.27. The second-order valence-corrected chi connectivity index (χ2v) is 7.87. The van der Waals surface area contributed by atoms with Crippen LogP contribution in [0.3, 0.4) is 0 Å². The summed E-state index contributed by atoms with van der Waals surface area (Å²) in [4.78, 5) is 29.4. The molecule has 1 N–H and O–H groups in total. The summed E-state index contributed by atoms with van der Waals surface area (Å²) in [6.07, 6.45) is 0. The fourth-order valence-corrected chi connectivity index (χ4v) is 4.94. The number of halogens is 1. The Hall–Kier alpha value is -1.15. The zero-order chi connectivity index (χ0) is 16.4. The van der Waals surface area contributed by atoms with Crippen molar-refractivity contribution in [2.45, 2.75) is 6.92 Å². The van der Waals surface area contributed by atoms with Crippen molar-refractivity contribution in [3.05, 3.63) is 22.4 Å². The minimum Gasteiger partial charge on any atom is -0.339 e. The number of fused-ring (bicyclic) bond motifs is 1. The van der Waals surface area contributed by atoms with Gasteiger partial charge in [-0.3, -0.25) is 9.59 Å². The van der Waals surface area contributed by atoms with Crippen LogP contribution in [0.5, 0.6) is 0 Å². The van der Waals surface area contributed by atoms with Crippen molar-refractivity contribution in [2.75, 3.05) is 39.8 Å². The normalized spacial score (nSPS) is 16.1. The molecule has 132 valence electrons. The first kappa shape index (κ1) is 19.2. The maximum absolute atomic E-state index is 12.6. The Balaban J connectivity index is 0.00000208. The van der Waals surface area contributed by atoms with Crippen molar-refractivity contribution in [3.8, 4) is 0 Å². The molecule has 24 heavy (non-hydrogen) atoms. The van der Waals surface area contributed by atoms with Crippen LogP contribution in [0.25, 0.3) is 9.40 Å². The molecule has 1 saturated heterocycles. The van der Waals surface area contributed by atoms with E-state index >= 15 is 0 Å². The van der Waals surface area contributed by atoms with Crippen LogP contribution in [0.1, 0.15) is 16.6 Å². The summed E-state index contributed by atoms with van der Waals surface area (Å²) in [6.45, 7) is 5.10. The lowest BCUT2D eigenvalue weighted by atomic mass is 10.1. The van der Waals surface area contributed by atoms with E-state index in [0.717, 1.165) is 4.88 Å². The summed E-state index contributed by atoms with van der Waals surface area (Å²) in [7, 11) is 1.85. The molecule has 3 heterocycles. The monoisotopic (exact) mass is 387 g/mol. The molecule has 2 amide bonds. The fourth-order valence-electron chi connectivity index (χ4n) is 2.86. The zero-order valence-corrected chi connectivity index (χ0v) is 16.2. The molecule has 8 heteroatoms. The number of hydrogen-bond acceptors (Lipinski definition) is 5. The van der Waals surface area contributed by atoms with E-state index in [2.05, 4.69) is 11.4 Å². The summed E-state index contributed by atoms with van der Waals surface area (Å²) >= 11 is 3.22. The van der Waals surface area contributed by atoms with Crippen LogP contribution >= 0.6 is 35.1 Å². The first-order valence-electron chi connectivity index (χ1n) is 7.80. The summed E-state index contributed by atoms with van der Waals surface area (Å²) in [5.41, 5.74) is 0. The predicted molar refractivity (Wildman–Crippen MR) is 103 cm³/mol. The average molecular weight is 388 g/mol. The number of thiophene rings is 2. The van der Waals surface area contributed by atoms with Gasteiger partial charge in [-0.15, -0.1) is 35.1 Å². The Morgan fingerprint density at radius 3 is 2.50 bits per heavy atom. The molecule has 0 spiro atoms. The van der Waals surface area contributed by atoms with Gasteiger partial charge >= 0.3 is 0 Å². The Kier molecular flexibility index (Phi) is 6.62. The van der Waals surface area contributed by atoms with Gasteiger partial charge in [0.1, 0.15) is 0 Å². The highest BCUT2D eigenvalue weighted by Crippen LogP contribution is 2.30. The van der Waals surface area contributed by atoms with Gasteiger partial charge in [0.05, 0.1) is 4.88 Å².